The monoisotopic (exact) mass is 350 g/mol. The summed E-state index contributed by atoms with van der Waals surface area (Å²) in [6.45, 7) is 6.96. The van der Waals surface area contributed by atoms with Gasteiger partial charge in [0.15, 0.2) is 0 Å². The molecule has 1 aliphatic rings. The number of likely N-dealkylation sites (tertiary alicyclic amines) is 1. The molecule has 1 aliphatic heterocycles. The molecular weight excluding hydrogens is 320 g/mol. The van der Waals surface area contributed by atoms with Gasteiger partial charge in [-0.15, -0.1) is 11.8 Å². The van der Waals surface area contributed by atoms with Crippen molar-refractivity contribution >= 4 is 17.7 Å². The molecule has 134 valence electrons. The van der Waals surface area contributed by atoms with Crippen molar-refractivity contribution in [2.45, 2.75) is 44.9 Å². The van der Waals surface area contributed by atoms with E-state index < -0.39 is 0 Å². The lowest BCUT2D eigenvalue weighted by atomic mass is 10.0. The largest absolute Gasteiger partial charge is 0.395 e. The van der Waals surface area contributed by atoms with E-state index in [1.165, 1.54) is 29.5 Å². The third kappa shape index (κ3) is 6.46. The Morgan fingerprint density at radius 1 is 1.29 bits per heavy atom. The highest BCUT2D eigenvalue weighted by molar-refractivity contribution is 7.99. The van der Waals surface area contributed by atoms with Crippen molar-refractivity contribution in [1.29, 1.82) is 0 Å². The summed E-state index contributed by atoms with van der Waals surface area (Å²) in [4.78, 5) is 14.3. The normalized spacial score (nSPS) is 18.5. The first-order valence-corrected chi connectivity index (χ1v) is 10.0. The molecule has 1 amide bonds. The third-order valence-corrected chi connectivity index (χ3v) is 5.47. The molecule has 1 heterocycles. The summed E-state index contributed by atoms with van der Waals surface area (Å²) in [5.41, 5.74) is 3.83. The van der Waals surface area contributed by atoms with Gasteiger partial charge in [-0.1, -0.05) is 35.7 Å². The summed E-state index contributed by atoms with van der Waals surface area (Å²) < 4.78 is 0. The van der Waals surface area contributed by atoms with Crippen molar-refractivity contribution in [1.82, 2.24) is 10.2 Å². The summed E-state index contributed by atoms with van der Waals surface area (Å²) in [5, 5.41) is 12.4. The van der Waals surface area contributed by atoms with Gasteiger partial charge in [0, 0.05) is 24.9 Å². The Labute approximate surface area is 150 Å². The van der Waals surface area contributed by atoms with E-state index in [1.807, 2.05) is 0 Å². The molecule has 2 N–H and O–H groups in total. The fourth-order valence-electron chi connectivity index (χ4n) is 3.36. The number of nitrogens with zero attached hydrogens (tertiary/aromatic N) is 1. The molecule has 5 heteroatoms. The van der Waals surface area contributed by atoms with E-state index in [1.54, 1.807) is 11.8 Å². The average molecular weight is 351 g/mol. The lowest BCUT2D eigenvalue weighted by Crippen LogP contribution is -2.45. The van der Waals surface area contributed by atoms with Crippen LogP contribution in [-0.4, -0.2) is 53.9 Å². The van der Waals surface area contributed by atoms with Gasteiger partial charge in [0.1, 0.15) is 0 Å². The smallest absolute Gasteiger partial charge is 0.230 e. The van der Waals surface area contributed by atoms with Gasteiger partial charge in [-0.2, -0.15) is 0 Å². The van der Waals surface area contributed by atoms with Crippen LogP contribution in [0.1, 0.15) is 36.0 Å². The Morgan fingerprint density at radius 3 is 2.75 bits per heavy atom. The predicted octanol–water partition coefficient (Wildman–Crippen LogP) is 2.50. The molecule has 1 aromatic rings. The molecule has 0 radical (unpaired) electrons. The SMILES string of the molecule is Cc1cc(C)cc(CSCC(=O)NCCN2CCCCC2CO)c1. The first-order valence-electron chi connectivity index (χ1n) is 8.85. The van der Waals surface area contributed by atoms with E-state index in [9.17, 15) is 9.90 Å². The van der Waals surface area contributed by atoms with Crippen LogP contribution >= 0.6 is 11.8 Å². The number of rotatable bonds is 8. The zero-order valence-electron chi connectivity index (χ0n) is 14.9. The first-order chi connectivity index (χ1) is 11.6. The minimum Gasteiger partial charge on any atom is -0.395 e. The van der Waals surface area contributed by atoms with E-state index in [0.29, 0.717) is 12.3 Å². The van der Waals surface area contributed by atoms with Crippen LogP contribution in [0.3, 0.4) is 0 Å². The van der Waals surface area contributed by atoms with Crippen LogP contribution in [0.5, 0.6) is 0 Å². The van der Waals surface area contributed by atoms with Gasteiger partial charge in [-0.05, 0) is 38.8 Å². The van der Waals surface area contributed by atoms with E-state index in [4.69, 9.17) is 0 Å². The highest BCUT2D eigenvalue weighted by atomic mass is 32.2. The molecule has 1 fully saturated rings. The molecular formula is C19H30N2O2S. The maximum Gasteiger partial charge on any atom is 0.230 e. The second kappa shape index (κ2) is 10.1. The number of aliphatic hydroxyl groups is 1. The number of carbonyl (C=O) groups excluding carboxylic acids is 1. The molecule has 1 saturated heterocycles. The molecule has 0 saturated carbocycles. The van der Waals surface area contributed by atoms with Crippen molar-refractivity contribution in [2.75, 3.05) is 32.0 Å². The van der Waals surface area contributed by atoms with Crippen molar-refractivity contribution in [2.24, 2.45) is 0 Å². The van der Waals surface area contributed by atoms with Crippen LogP contribution in [-0.2, 0) is 10.5 Å². The zero-order chi connectivity index (χ0) is 17.4. The Kier molecular flexibility index (Phi) is 8.09. The van der Waals surface area contributed by atoms with Crippen molar-refractivity contribution in [3.05, 3.63) is 34.9 Å². The molecule has 1 atom stereocenters. The van der Waals surface area contributed by atoms with Gasteiger partial charge in [0.25, 0.3) is 0 Å². The maximum absolute atomic E-state index is 12.0. The summed E-state index contributed by atoms with van der Waals surface area (Å²) in [5.74, 6) is 1.47. The fraction of sp³-hybridized carbons (Fsp3) is 0.632. The Bertz CT molecular complexity index is 516. The molecule has 1 aromatic carbocycles. The number of amides is 1. The maximum atomic E-state index is 12.0. The van der Waals surface area contributed by atoms with Gasteiger partial charge < -0.3 is 10.4 Å². The second-order valence-electron chi connectivity index (χ2n) is 6.71. The van der Waals surface area contributed by atoms with Crippen LogP contribution in [0, 0.1) is 13.8 Å². The average Bonchev–Trinajstić information content (AvgIpc) is 2.54. The molecule has 0 aromatic heterocycles. The van der Waals surface area contributed by atoms with Crippen LogP contribution in [0.4, 0.5) is 0 Å². The van der Waals surface area contributed by atoms with Crippen molar-refractivity contribution < 1.29 is 9.90 Å². The van der Waals surface area contributed by atoms with Crippen molar-refractivity contribution in [3.63, 3.8) is 0 Å². The van der Waals surface area contributed by atoms with Gasteiger partial charge in [0.05, 0.1) is 12.4 Å². The van der Waals surface area contributed by atoms with E-state index >= 15 is 0 Å². The second-order valence-corrected chi connectivity index (χ2v) is 7.69. The predicted molar refractivity (Wildman–Crippen MR) is 101 cm³/mol. The molecule has 0 bridgehead atoms. The van der Waals surface area contributed by atoms with Gasteiger partial charge in [-0.25, -0.2) is 0 Å². The number of thioether (sulfide) groups is 1. The number of hydrogen-bond acceptors (Lipinski definition) is 4. The number of aliphatic hydroxyl groups excluding tert-OH is 1. The topological polar surface area (TPSA) is 52.6 Å². The molecule has 4 nitrogen and oxygen atoms in total. The minimum absolute atomic E-state index is 0.0990. The van der Waals surface area contributed by atoms with Crippen molar-refractivity contribution in [3.8, 4) is 0 Å². The number of piperidine rings is 1. The standard InChI is InChI=1S/C19H30N2O2S/c1-15-9-16(2)11-17(10-15)13-24-14-19(23)20-6-8-21-7-4-3-5-18(21)12-22/h9-11,18,22H,3-8,12-14H2,1-2H3,(H,20,23). The summed E-state index contributed by atoms with van der Waals surface area (Å²) in [7, 11) is 0. The first kappa shape index (κ1) is 19.3. The van der Waals surface area contributed by atoms with E-state index in [2.05, 4.69) is 42.3 Å². The van der Waals surface area contributed by atoms with Crippen LogP contribution < -0.4 is 5.32 Å². The minimum atomic E-state index is 0.0990. The highest BCUT2D eigenvalue weighted by Gasteiger charge is 2.20. The third-order valence-electron chi connectivity index (χ3n) is 4.46. The summed E-state index contributed by atoms with van der Waals surface area (Å²) in [6, 6.07) is 6.81. The van der Waals surface area contributed by atoms with Gasteiger partial charge >= 0.3 is 0 Å². The van der Waals surface area contributed by atoms with E-state index in [0.717, 1.165) is 25.3 Å². The number of nitrogens with one attached hydrogen (secondary N) is 1. The zero-order valence-corrected chi connectivity index (χ0v) is 15.7. The molecule has 2 rings (SSSR count). The van der Waals surface area contributed by atoms with E-state index in [-0.39, 0.29) is 18.6 Å². The molecule has 24 heavy (non-hydrogen) atoms. The number of aryl methyl sites for hydroxylation is 2. The summed E-state index contributed by atoms with van der Waals surface area (Å²) >= 11 is 1.66. The van der Waals surface area contributed by atoms with Gasteiger partial charge in [-0.3, -0.25) is 9.69 Å². The number of benzene rings is 1. The fourth-order valence-corrected chi connectivity index (χ4v) is 4.16. The molecule has 1 unspecified atom stereocenters. The lowest BCUT2D eigenvalue weighted by molar-refractivity contribution is -0.118. The van der Waals surface area contributed by atoms with Crippen LogP contribution in [0.2, 0.25) is 0 Å². The Morgan fingerprint density at radius 2 is 2.04 bits per heavy atom. The number of carbonyl (C=O) groups is 1. The van der Waals surface area contributed by atoms with Crippen LogP contribution in [0.15, 0.2) is 18.2 Å². The quantitative estimate of drug-likeness (QED) is 0.756. The summed E-state index contributed by atoms with van der Waals surface area (Å²) in [6.07, 6.45) is 3.45. The molecule has 0 aliphatic carbocycles. The lowest BCUT2D eigenvalue weighted by Gasteiger charge is -2.34. The Hall–Kier alpha value is -1.04. The van der Waals surface area contributed by atoms with Gasteiger partial charge in [0.2, 0.25) is 5.91 Å². The van der Waals surface area contributed by atoms with Crippen LogP contribution in [0.25, 0.3) is 0 Å². The highest BCUT2D eigenvalue weighted by Crippen LogP contribution is 2.16. The Balaban J connectivity index is 1.62. The number of hydrogen-bond donors (Lipinski definition) is 2. The molecule has 0 spiro atoms.